The number of rotatable bonds is 4. The number of aromatic hydroxyl groups is 1. The number of phenolic OH excluding ortho intramolecular Hbond substituents is 1. The molecular weight excluding hydrogens is 1500 g/mol. The van der Waals surface area contributed by atoms with Gasteiger partial charge in [-0.05, 0) is 84.5 Å². The minimum Gasteiger partial charge on any atom is -0.508 e. The fourth-order valence-corrected chi connectivity index (χ4v) is 13.2. The van der Waals surface area contributed by atoms with E-state index in [1.54, 1.807) is 47.4 Å². The monoisotopic (exact) mass is 1570 g/mol. The molecule has 39 nitrogen and oxygen atoms in total. The number of nitrogens with zero attached hydrogens (tertiary/aromatic N) is 11. The molecule has 0 saturated heterocycles. The predicted octanol–water partition coefficient (Wildman–Crippen LogP) is 4.89. The van der Waals surface area contributed by atoms with Crippen molar-refractivity contribution in [2.45, 2.75) is 24.9 Å². The first-order chi connectivity index (χ1) is 54.2. The molecule has 0 unspecified atom stereocenters. The first-order valence-corrected chi connectivity index (χ1v) is 35.0. The summed E-state index contributed by atoms with van der Waals surface area (Å²) in [6.45, 7) is -0.462. The molecule has 114 heavy (non-hydrogen) atoms. The van der Waals surface area contributed by atoms with Gasteiger partial charge < -0.3 is 121 Å². The van der Waals surface area contributed by atoms with E-state index in [0.717, 1.165) is 0 Å². The Morgan fingerprint density at radius 3 is 1.34 bits per heavy atom. The normalized spacial score (nSPS) is 15.4. The minimum atomic E-state index is -1.35. The SMILES string of the molecule is Cn1cc2cc1C(=O)NC[C@H](N)CC(=O)Nc1cn(C)c(n1)C(=O)Nc1cn(C)c(n1)C(=O)Nc1cc(n(C)c1)C(=O)Nc1cc(n(C)c1)C(=O)NC[C@H](NC(=S)Nc1ccc(-c3c4ccc(=O)cc-4oc4cc(O)ccc34)c(C(=O)O)c1)CC(=O)Nc1cn(C)c(n1)C(=O)Nc1cc(n(C)c1)C(=O)Nc1cc(n(C)c1)C(=O)N2. The molecule has 16 N–H and O–H groups in total. The van der Waals surface area contributed by atoms with Crippen molar-refractivity contribution in [3.05, 3.63) is 196 Å². The van der Waals surface area contributed by atoms with Crippen LogP contribution in [0.3, 0.4) is 0 Å². The average molecular weight is 1570 g/mol. The van der Waals surface area contributed by atoms with Crippen LogP contribution >= 0.6 is 12.2 Å². The summed E-state index contributed by atoms with van der Waals surface area (Å²) in [7, 11) is 12.4. The molecule has 1 aliphatic carbocycles. The van der Waals surface area contributed by atoms with Crippen molar-refractivity contribution in [3.63, 3.8) is 0 Å². The highest BCUT2D eigenvalue weighted by Crippen LogP contribution is 2.43. The molecule has 10 heterocycles. The number of hydrogen-bond donors (Lipinski definition) is 15. The van der Waals surface area contributed by atoms with Crippen molar-refractivity contribution in [2.75, 3.05) is 60.9 Å². The predicted molar refractivity (Wildman–Crippen MR) is 420 cm³/mol. The number of amides is 10. The molecule has 2 aromatic carbocycles. The zero-order valence-corrected chi connectivity index (χ0v) is 62.6. The highest BCUT2D eigenvalue weighted by atomic mass is 32.1. The quantitative estimate of drug-likeness (QED) is 0.0823. The number of nitrogens with two attached hydrogens (primary N) is 1. The van der Waals surface area contributed by atoms with Crippen LogP contribution in [0.5, 0.6) is 5.75 Å². The van der Waals surface area contributed by atoms with Gasteiger partial charge in [0.05, 0.1) is 40.0 Å². The number of anilines is 9. The third kappa shape index (κ3) is 16.8. The Balaban J connectivity index is 0.741. The van der Waals surface area contributed by atoms with Gasteiger partial charge in [-0.3, -0.25) is 52.7 Å². The molecule has 8 aromatic heterocycles. The molecule has 0 spiro atoms. The van der Waals surface area contributed by atoms with Crippen molar-refractivity contribution >= 4 is 145 Å². The number of aryl methyl sites for hydroxylation is 8. The van der Waals surface area contributed by atoms with Crippen LogP contribution in [0.2, 0.25) is 0 Å². The van der Waals surface area contributed by atoms with E-state index < -0.39 is 83.5 Å². The third-order valence-electron chi connectivity index (χ3n) is 18.2. The number of benzene rings is 3. The molecule has 10 aromatic rings. The van der Waals surface area contributed by atoms with Crippen molar-refractivity contribution < 1.29 is 67.4 Å². The number of imidazole rings is 3. The standard InChI is InChI=1S/C74H72N24O15S/c1-91-27-38-17-49(91)65(103)76-25-35(75)15-59(101)85-56-32-97(7)64(88-56)72(110)90-58-34-98(8)63(89-58)71(109)82-42-21-52(94(4)31-42)68(106)79-39-18-50(92(2)28-39)66(104)77-26-37(84-74(114)83-36-9-12-45(48(16-36)73(111)112)61-46-13-10-43(99)23-54(46)113-55-24-44(100)11-14-47(55)61)22-60(102)86-57-33-96(6)62(87-57)70(108)81-41-20-53(95(5)30-41)69(107)80-40-19-51(67(105)78-38)93(3)29-40/h9-14,16-21,23-24,27-35,37,99H,15,22,25-26,75H2,1-8H3,(H,76,103)(H,77,104)(H,78,105)(H,79,106)(H,80,107)(H,81,108)(H,82,109)(H,85,101)(H,86,102)(H,90,110)(H,111,112)(H2,83,84,114)/t35-,37-/m1/s1. The van der Waals surface area contributed by atoms with Crippen LogP contribution in [0.1, 0.15) is 107 Å². The summed E-state index contributed by atoms with van der Waals surface area (Å²) in [5.41, 5.74) is 8.50. The van der Waals surface area contributed by atoms with E-state index in [9.17, 15) is 67.7 Å². The number of carbonyl (C=O) groups excluding carboxylic acids is 10. The van der Waals surface area contributed by atoms with E-state index in [0.29, 0.717) is 16.5 Å². The molecule has 10 amide bonds. The van der Waals surface area contributed by atoms with Crippen molar-refractivity contribution in [1.29, 1.82) is 0 Å². The molecule has 0 saturated carbocycles. The lowest BCUT2D eigenvalue weighted by Gasteiger charge is -2.22. The van der Waals surface area contributed by atoms with Gasteiger partial charge in [0, 0.05) is 172 Å². The number of aromatic carboxylic acids is 1. The van der Waals surface area contributed by atoms with Gasteiger partial charge in [-0.1, -0.05) is 6.07 Å². The van der Waals surface area contributed by atoms with E-state index in [1.807, 2.05) is 0 Å². The fourth-order valence-electron chi connectivity index (χ4n) is 12.9. The maximum Gasteiger partial charge on any atom is 0.336 e. The van der Waals surface area contributed by atoms with Crippen LogP contribution in [0.4, 0.5) is 51.6 Å². The zero-order valence-electron chi connectivity index (χ0n) is 61.8. The molecule has 2 aliphatic heterocycles. The Labute approximate surface area is 649 Å². The van der Waals surface area contributed by atoms with E-state index in [4.69, 9.17) is 22.4 Å². The Morgan fingerprint density at radius 1 is 0.465 bits per heavy atom. The lowest BCUT2D eigenvalue weighted by molar-refractivity contribution is -0.117. The topological polar surface area (TPSA) is 507 Å². The highest BCUT2D eigenvalue weighted by molar-refractivity contribution is 7.80. The minimum absolute atomic E-state index is 0.000214. The van der Waals surface area contributed by atoms with Gasteiger partial charge in [0.2, 0.25) is 29.3 Å². The summed E-state index contributed by atoms with van der Waals surface area (Å²) >= 11 is 5.78. The van der Waals surface area contributed by atoms with Gasteiger partial charge in [0.15, 0.2) is 28.0 Å². The van der Waals surface area contributed by atoms with Crippen molar-refractivity contribution in [3.8, 4) is 28.2 Å². The van der Waals surface area contributed by atoms with Crippen molar-refractivity contribution in [1.82, 2.24) is 67.4 Å². The maximum atomic E-state index is 14.2. The van der Waals surface area contributed by atoms with Crippen LogP contribution < -0.4 is 75.0 Å². The van der Waals surface area contributed by atoms with Crippen molar-refractivity contribution in [2.24, 2.45) is 62.1 Å². The summed E-state index contributed by atoms with van der Waals surface area (Å²) in [5.74, 6) is -8.55. The second-order valence-electron chi connectivity index (χ2n) is 26.9. The van der Waals surface area contributed by atoms with Gasteiger partial charge in [0.25, 0.3) is 47.3 Å². The number of thiocarbonyl (C=S) groups is 1. The number of aromatic nitrogens is 11. The Bertz CT molecular complexity index is 6030. The molecule has 13 rings (SSSR count). The van der Waals surface area contributed by atoms with Crippen LogP contribution in [0.25, 0.3) is 33.4 Å². The molecule has 0 radical (unpaired) electrons. The van der Waals surface area contributed by atoms with E-state index in [1.165, 1.54) is 180 Å². The summed E-state index contributed by atoms with van der Waals surface area (Å²) < 4.78 is 17.3. The molecule has 3 aliphatic rings. The number of fused-ring (bicyclic) bond motifs is 18. The van der Waals surface area contributed by atoms with Gasteiger partial charge in [-0.15, -0.1) is 0 Å². The fraction of sp³-hybridized carbons (Fsp3) is 0.189. The first-order valence-electron chi connectivity index (χ1n) is 34.6. The molecule has 584 valence electrons. The molecule has 16 bridgehead atoms. The summed E-state index contributed by atoms with van der Waals surface area (Å²) in [6, 6.07) is 17.9. The lowest BCUT2D eigenvalue weighted by atomic mass is 9.90. The Hall–Kier alpha value is -15.2. The van der Waals surface area contributed by atoms with Crippen LogP contribution in [-0.4, -0.2) is 157 Å². The van der Waals surface area contributed by atoms with Gasteiger partial charge in [-0.2, -0.15) is 0 Å². The molecule has 40 heteroatoms. The van der Waals surface area contributed by atoms with Gasteiger partial charge >= 0.3 is 5.97 Å². The molecule has 0 fully saturated rings. The maximum absolute atomic E-state index is 14.2. The summed E-state index contributed by atoms with van der Waals surface area (Å²) in [6.07, 6.45) is 10.8. The average Bonchev–Trinajstić information content (AvgIpc) is 1.33. The second-order valence-corrected chi connectivity index (χ2v) is 27.3. The first kappa shape index (κ1) is 77.0. The summed E-state index contributed by atoms with van der Waals surface area (Å²) in [5, 5.41) is 54.4. The van der Waals surface area contributed by atoms with Crippen LogP contribution in [0, 0.1) is 0 Å². The smallest absolute Gasteiger partial charge is 0.336 e. The van der Waals surface area contributed by atoms with E-state index >= 15 is 0 Å². The lowest BCUT2D eigenvalue weighted by Crippen LogP contribution is -2.47. The number of carboxylic acids is 1. The largest absolute Gasteiger partial charge is 0.508 e. The second kappa shape index (κ2) is 31.4. The zero-order chi connectivity index (χ0) is 81.4. The number of nitrogens with one attached hydrogen (secondary N) is 12. The van der Waals surface area contributed by atoms with E-state index in [2.05, 4.69) is 78.8 Å². The molecule has 2 atom stereocenters. The van der Waals surface area contributed by atoms with Gasteiger partial charge in [-0.25, -0.2) is 19.7 Å². The number of carboxylic acid groups (broad SMARTS) is 1. The number of phenols is 1. The van der Waals surface area contributed by atoms with E-state index in [-0.39, 0.29) is 156 Å². The Kier molecular flexibility index (Phi) is 21.2. The van der Waals surface area contributed by atoms with Crippen LogP contribution in [-0.2, 0) is 66.0 Å². The number of hydrogen-bond acceptors (Lipinski definition) is 19. The van der Waals surface area contributed by atoms with Crippen LogP contribution in [0.15, 0.2) is 144 Å². The summed E-state index contributed by atoms with van der Waals surface area (Å²) in [4.78, 5) is 176. The Morgan fingerprint density at radius 2 is 0.877 bits per heavy atom. The highest BCUT2D eigenvalue weighted by Gasteiger charge is 2.29. The third-order valence-corrected chi connectivity index (χ3v) is 18.4. The number of carbonyl (C=O) groups is 11. The van der Waals surface area contributed by atoms with Gasteiger partial charge in [0.1, 0.15) is 45.6 Å². The molecular formula is C74H72N24O15S.